The summed E-state index contributed by atoms with van der Waals surface area (Å²) in [4.78, 5) is 14.4. The first kappa shape index (κ1) is 14.4. The number of rotatable bonds is 4. The summed E-state index contributed by atoms with van der Waals surface area (Å²) in [7, 11) is 0. The summed E-state index contributed by atoms with van der Waals surface area (Å²) in [5.74, 6) is 0.284. The van der Waals surface area contributed by atoms with Crippen molar-refractivity contribution < 1.29 is 4.79 Å². The van der Waals surface area contributed by atoms with Gasteiger partial charge >= 0.3 is 0 Å². The van der Waals surface area contributed by atoms with Gasteiger partial charge in [0.15, 0.2) is 0 Å². The number of halogens is 1. The third-order valence-corrected chi connectivity index (χ3v) is 4.35. The van der Waals surface area contributed by atoms with E-state index < -0.39 is 0 Å². The average Bonchev–Trinajstić information content (AvgIpc) is 2.46. The van der Waals surface area contributed by atoms with E-state index in [2.05, 4.69) is 11.8 Å². The second-order valence-electron chi connectivity index (χ2n) is 5.24. The van der Waals surface area contributed by atoms with Crippen LogP contribution in [0.4, 0.5) is 0 Å². The smallest absolute Gasteiger partial charge is 0.223 e. The van der Waals surface area contributed by atoms with Crippen molar-refractivity contribution >= 4 is 17.5 Å². The van der Waals surface area contributed by atoms with Crippen LogP contribution in [0.25, 0.3) is 0 Å². The summed E-state index contributed by atoms with van der Waals surface area (Å²) in [6, 6.07) is 8.24. The number of carbonyl (C=O) groups is 1. The predicted octanol–water partition coefficient (Wildman–Crippen LogP) is 4.06. The first-order valence-electron chi connectivity index (χ1n) is 7.25. The van der Waals surface area contributed by atoms with Gasteiger partial charge in [-0.2, -0.15) is 0 Å². The van der Waals surface area contributed by atoms with E-state index in [9.17, 15) is 4.79 Å². The number of benzene rings is 1. The zero-order chi connectivity index (χ0) is 13.7. The number of aryl methyl sites for hydroxylation is 1. The van der Waals surface area contributed by atoms with E-state index in [4.69, 9.17) is 11.6 Å². The number of amides is 1. The quantitative estimate of drug-likeness (QED) is 0.814. The monoisotopic (exact) mass is 279 g/mol. The molecular formula is C16H22ClNO. The highest BCUT2D eigenvalue weighted by Gasteiger charge is 2.24. The van der Waals surface area contributed by atoms with Gasteiger partial charge in [-0.25, -0.2) is 0 Å². The van der Waals surface area contributed by atoms with E-state index in [0.717, 1.165) is 42.8 Å². The van der Waals surface area contributed by atoms with E-state index in [1.807, 2.05) is 24.3 Å². The summed E-state index contributed by atoms with van der Waals surface area (Å²) in [6.07, 6.45) is 5.94. The molecule has 104 valence electrons. The average molecular weight is 280 g/mol. The first-order valence-corrected chi connectivity index (χ1v) is 7.63. The van der Waals surface area contributed by atoms with Crippen LogP contribution in [0.1, 0.15) is 44.6 Å². The van der Waals surface area contributed by atoms with Crippen LogP contribution in [-0.4, -0.2) is 23.4 Å². The standard InChI is InChI=1S/C16H22ClNO/c1-2-14-8-5-6-12-18(14)16(19)11-10-13-7-3-4-9-15(13)17/h3-4,7,9,14H,2,5-6,8,10-12H2,1H3. The molecule has 1 aromatic carbocycles. The fraction of sp³-hybridized carbons (Fsp3) is 0.562. The Morgan fingerprint density at radius 2 is 2.16 bits per heavy atom. The Kier molecular flexibility index (Phi) is 5.26. The van der Waals surface area contributed by atoms with Crippen molar-refractivity contribution in [3.63, 3.8) is 0 Å². The van der Waals surface area contributed by atoms with Gasteiger partial charge in [0.1, 0.15) is 0 Å². The Labute approximate surface area is 120 Å². The highest BCUT2D eigenvalue weighted by atomic mass is 35.5. The maximum atomic E-state index is 12.3. The van der Waals surface area contributed by atoms with Gasteiger partial charge in [-0.05, 0) is 43.7 Å². The molecule has 0 bridgehead atoms. The minimum Gasteiger partial charge on any atom is -0.340 e. The van der Waals surface area contributed by atoms with Gasteiger partial charge in [-0.3, -0.25) is 4.79 Å². The summed E-state index contributed by atoms with van der Waals surface area (Å²) in [5.41, 5.74) is 1.07. The van der Waals surface area contributed by atoms with E-state index >= 15 is 0 Å². The minimum absolute atomic E-state index is 0.284. The Morgan fingerprint density at radius 1 is 1.37 bits per heavy atom. The van der Waals surface area contributed by atoms with Crippen LogP contribution in [0, 0.1) is 0 Å². The minimum atomic E-state index is 0.284. The Hall–Kier alpha value is -1.02. The highest BCUT2D eigenvalue weighted by molar-refractivity contribution is 6.31. The second kappa shape index (κ2) is 6.95. The predicted molar refractivity (Wildman–Crippen MR) is 79.4 cm³/mol. The summed E-state index contributed by atoms with van der Waals surface area (Å²) < 4.78 is 0. The molecule has 0 aromatic heterocycles. The fourth-order valence-electron chi connectivity index (χ4n) is 2.84. The summed E-state index contributed by atoms with van der Waals surface area (Å²) in [5, 5.41) is 0.765. The van der Waals surface area contributed by atoms with Crippen LogP contribution in [0.5, 0.6) is 0 Å². The zero-order valence-corrected chi connectivity index (χ0v) is 12.3. The van der Waals surface area contributed by atoms with Gasteiger partial charge in [0.25, 0.3) is 0 Å². The lowest BCUT2D eigenvalue weighted by Gasteiger charge is -2.35. The number of carbonyl (C=O) groups excluding carboxylic acids is 1. The van der Waals surface area contributed by atoms with Gasteiger partial charge in [-0.15, -0.1) is 0 Å². The largest absolute Gasteiger partial charge is 0.340 e. The Bertz CT molecular complexity index is 433. The molecule has 1 amide bonds. The number of hydrogen-bond donors (Lipinski definition) is 0. The van der Waals surface area contributed by atoms with Crippen LogP contribution in [0.2, 0.25) is 5.02 Å². The van der Waals surface area contributed by atoms with E-state index in [-0.39, 0.29) is 5.91 Å². The molecule has 1 aliphatic rings. The lowest BCUT2D eigenvalue weighted by molar-refractivity contribution is -0.134. The van der Waals surface area contributed by atoms with E-state index in [0.29, 0.717) is 12.5 Å². The van der Waals surface area contributed by atoms with Gasteiger partial charge in [0, 0.05) is 24.0 Å². The molecule has 1 unspecified atom stereocenters. The molecule has 1 atom stereocenters. The number of piperidine rings is 1. The topological polar surface area (TPSA) is 20.3 Å². The maximum absolute atomic E-state index is 12.3. The molecule has 1 aliphatic heterocycles. The molecule has 2 nitrogen and oxygen atoms in total. The van der Waals surface area contributed by atoms with Crippen molar-refractivity contribution in [2.45, 2.75) is 51.5 Å². The van der Waals surface area contributed by atoms with Crippen molar-refractivity contribution in [3.8, 4) is 0 Å². The Morgan fingerprint density at radius 3 is 2.89 bits per heavy atom. The van der Waals surface area contributed by atoms with Crippen molar-refractivity contribution in [1.29, 1.82) is 0 Å². The van der Waals surface area contributed by atoms with Gasteiger partial charge in [-0.1, -0.05) is 36.7 Å². The molecule has 1 fully saturated rings. The molecular weight excluding hydrogens is 258 g/mol. The van der Waals surface area contributed by atoms with Crippen LogP contribution in [0.3, 0.4) is 0 Å². The third-order valence-electron chi connectivity index (χ3n) is 3.98. The summed E-state index contributed by atoms with van der Waals surface area (Å²) >= 11 is 6.12. The van der Waals surface area contributed by atoms with Gasteiger partial charge < -0.3 is 4.90 Å². The van der Waals surface area contributed by atoms with Crippen LogP contribution in [0.15, 0.2) is 24.3 Å². The molecule has 3 heteroatoms. The van der Waals surface area contributed by atoms with Gasteiger partial charge in [0.2, 0.25) is 5.91 Å². The lowest BCUT2D eigenvalue weighted by atomic mass is 9.99. The molecule has 0 spiro atoms. The van der Waals surface area contributed by atoms with E-state index in [1.165, 1.54) is 6.42 Å². The lowest BCUT2D eigenvalue weighted by Crippen LogP contribution is -2.43. The molecule has 0 radical (unpaired) electrons. The molecule has 1 aromatic rings. The number of likely N-dealkylation sites (tertiary alicyclic amines) is 1. The first-order chi connectivity index (χ1) is 9.22. The van der Waals surface area contributed by atoms with Crippen molar-refractivity contribution in [3.05, 3.63) is 34.9 Å². The third kappa shape index (κ3) is 3.73. The normalized spacial score (nSPS) is 19.5. The van der Waals surface area contributed by atoms with Crippen molar-refractivity contribution in [2.75, 3.05) is 6.54 Å². The molecule has 0 aliphatic carbocycles. The van der Waals surface area contributed by atoms with Crippen LogP contribution >= 0.6 is 11.6 Å². The molecule has 0 N–H and O–H groups in total. The van der Waals surface area contributed by atoms with Crippen LogP contribution < -0.4 is 0 Å². The van der Waals surface area contributed by atoms with Crippen LogP contribution in [-0.2, 0) is 11.2 Å². The number of nitrogens with zero attached hydrogens (tertiary/aromatic N) is 1. The van der Waals surface area contributed by atoms with E-state index in [1.54, 1.807) is 0 Å². The molecule has 1 heterocycles. The van der Waals surface area contributed by atoms with Crippen molar-refractivity contribution in [1.82, 2.24) is 4.90 Å². The van der Waals surface area contributed by atoms with Crippen molar-refractivity contribution in [2.24, 2.45) is 0 Å². The Balaban J connectivity index is 1.92. The SMILES string of the molecule is CCC1CCCCN1C(=O)CCc1ccccc1Cl. The second-order valence-corrected chi connectivity index (χ2v) is 5.64. The zero-order valence-electron chi connectivity index (χ0n) is 11.6. The van der Waals surface area contributed by atoms with Gasteiger partial charge in [0.05, 0.1) is 0 Å². The highest BCUT2D eigenvalue weighted by Crippen LogP contribution is 2.22. The maximum Gasteiger partial charge on any atom is 0.223 e. The molecule has 2 rings (SSSR count). The fourth-order valence-corrected chi connectivity index (χ4v) is 3.07. The number of hydrogen-bond acceptors (Lipinski definition) is 1. The molecule has 19 heavy (non-hydrogen) atoms. The molecule has 0 saturated carbocycles. The molecule has 1 saturated heterocycles. The summed E-state index contributed by atoms with van der Waals surface area (Å²) in [6.45, 7) is 3.10.